The molecule has 2 N–H and O–H groups in total. The standard InChI is InChI=1S/C16H23FN2/c1-19(10-14-8-11-5-6-12(14)7-11)16-13(9-18)3-2-4-15(16)17/h2-4,11-12,14H,5-10,18H2,1H3. The van der Waals surface area contributed by atoms with Crippen molar-refractivity contribution in [3.8, 4) is 0 Å². The van der Waals surface area contributed by atoms with Crippen LogP contribution in [0.5, 0.6) is 0 Å². The molecule has 2 fully saturated rings. The van der Waals surface area contributed by atoms with Crippen LogP contribution in [0.2, 0.25) is 0 Å². The van der Waals surface area contributed by atoms with E-state index in [2.05, 4.69) is 4.90 Å². The molecule has 0 radical (unpaired) electrons. The molecular formula is C16H23FN2. The fourth-order valence-corrected chi connectivity index (χ4v) is 4.20. The molecule has 3 atom stereocenters. The number of hydrogen-bond acceptors (Lipinski definition) is 2. The molecule has 3 heteroatoms. The summed E-state index contributed by atoms with van der Waals surface area (Å²) in [7, 11) is 2.00. The normalized spacial score (nSPS) is 28.9. The van der Waals surface area contributed by atoms with Crippen LogP contribution in [0.3, 0.4) is 0 Å². The zero-order chi connectivity index (χ0) is 13.4. The molecule has 2 aliphatic carbocycles. The first-order valence-corrected chi connectivity index (χ1v) is 7.37. The van der Waals surface area contributed by atoms with Gasteiger partial charge in [-0.25, -0.2) is 4.39 Å². The van der Waals surface area contributed by atoms with Gasteiger partial charge in [0, 0.05) is 20.1 Å². The summed E-state index contributed by atoms with van der Waals surface area (Å²) >= 11 is 0. The number of para-hydroxylation sites is 1. The number of hydrogen-bond donors (Lipinski definition) is 1. The Kier molecular flexibility index (Phi) is 3.48. The quantitative estimate of drug-likeness (QED) is 0.903. The van der Waals surface area contributed by atoms with E-state index in [1.54, 1.807) is 6.07 Å². The topological polar surface area (TPSA) is 29.3 Å². The fraction of sp³-hybridized carbons (Fsp3) is 0.625. The third-order valence-corrected chi connectivity index (χ3v) is 5.06. The Hall–Kier alpha value is -1.09. The third kappa shape index (κ3) is 2.36. The van der Waals surface area contributed by atoms with Gasteiger partial charge < -0.3 is 10.6 Å². The van der Waals surface area contributed by atoms with E-state index in [1.807, 2.05) is 13.1 Å². The maximum Gasteiger partial charge on any atom is 0.146 e. The summed E-state index contributed by atoms with van der Waals surface area (Å²) < 4.78 is 14.1. The van der Waals surface area contributed by atoms with Gasteiger partial charge in [-0.2, -0.15) is 0 Å². The minimum atomic E-state index is -0.145. The average molecular weight is 262 g/mol. The van der Waals surface area contributed by atoms with E-state index in [9.17, 15) is 4.39 Å². The minimum Gasteiger partial charge on any atom is -0.372 e. The summed E-state index contributed by atoms with van der Waals surface area (Å²) in [5.74, 6) is 2.42. The molecule has 0 aliphatic heterocycles. The zero-order valence-electron chi connectivity index (χ0n) is 11.6. The third-order valence-electron chi connectivity index (χ3n) is 5.06. The summed E-state index contributed by atoms with van der Waals surface area (Å²) in [5, 5.41) is 0. The van der Waals surface area contributed by atoms with Gasteiger partial charge in [-0.15, -0.1) is 0 Å². The maximum absolute atomic E-state index is 14.1. The number of rotatable bonds is 4. The highest BCUT2D eigenvalue weighted by molar-refractivity contribution is 5.54. The summed E-state index contributed by atoms with van der Waals surface area (Å²) in [4.78, 5) is 2.09. The van der Waals surface area contributed by atoms with Crippen LogP contribution >= 0.6 is 0 Å². The fourth-order valence-electron chi connectivity index (χ4n) is 4.20. The molecule has 3 unspecified atom stereocenters. The van der Waals surface area contributed by atoms with Crippen molar-refractivity contribution in [2.75, 3.05) is 18.5 Å². The second kappa shape index (κ2) is 5.12. The van der Waals surface area contributed by atoms with Gasteiger partial charge in [0.05, 0.1) is 5.69 Å². The van der Waals surface area contributed by atoms with Crippen LogP contribution < -0.4 is 10.6 Å². The molecule has 2 bridgehead atoms. The van der Waals surface area contributed by atoms with E-state index in [0.29, 0.717) is 12.2 Å². The van der Waals surface area contributed by atoms with Crippen LogP contribution in [0.1, 0.15) is 31.2 Å². The first kappa shape index (κ1) is 12.9. The lowest BCUT2D eigenvalue weighted by Gasteiger charge is -2.30. The van der Waals surface area contributed by atoms with E-state index in [0.717, 1.165) is 29.9 Å². The Morgan fingerprint density at radius 2 is 2.16 bits per heavy atom. The number of benzene rings is 1. The second-order valence-electron chi connectivity index (χ2n) is 6.27. The van der Waals surface area contributed by atoms with Crippen molar-refractivity contribution >= 4 is 5.69 Å². The lowest BCUT2D eigenvalue weighted by molar-refractivity contribution is 0.336. The Morgan fingerprint density at radius 1 is 1.32 bits per heavy atom. The lowest BCUT2D eigenvalue weighted by atomic mass is 9.88. The van der Waals surface area contributed by atoms with Crippen molar-refractivity contribution in [1.29, 1.82) is 0 Å². The number of fused-ring (bicyclic) bond motifs is 2. The molecule has 3 rings (SSSR count). The lowest BCUT2D eigenvalue weighted by Crippen LogP contribution is -2.30. The highest BCUT2D eigenvalue weighted by atomic mass is 19.1. The predicted octanol–water partition coefficient (Wildman–Crippen LogP) is 3.16. The number of anilines is 1. The van der Waals surface area contributed by atoms with E-state index >= 15 is 0 Å². The molecule has 0 amide bonds. The minimum absolute atomic E-state index is 0.145. The van der Waals surface area contributed by atoms with Gasteiger partial charge in [-0.3, -0.25) is 0 Å². The summed E-state index contributed by atoms with van der Waals surface area (Å²) in [5.41, 5.74) is 7.34. The molecule has 2 aliphatic rings. The van der Waals surface area contributed by atoms with Crippen molar-refractivity contribution in [1.82, 2.24) is 0 Å². The molecule has 0 saturated heterocycles. The predicted molar refractivity (Wildman–Crippen MR) is 76.5 cm³/mol. The molecule has 2 saturated carbocycles. The highest BCUT2D eigenvalue weighted by Crippen LogP contribution is 2.48. The molecule has 0 heterocycles. The molecule has 1 aromatic carbocycles. The van der Waals surface area contributed by atoms with Crippen molar-refractivity contribution in [3.05, 3.63) is 29.6 Å². The van der Waals surface area contributed by atoms with E-state index in [1.165, 1.54) is 31.7 Å². The number of nitrogens with two attached hydrogens (primary N) is 1. The molecule has 19 heavy (non-hydrogen) atoms. The van der Waals surface area contributed by atoms with Gasteiger partial charge in [0.25, 0.3) is 0 Å². The Labute approximate surface area is 114 Å². The molecule has 0 aromatic heterocycles. The number of nitrogens with zero attached hydrogens (tertiary/aromatic N) is 1. The van der Waals surface area contributed by atoms with Crippen molar-refractivity contribution in [2.45, 2.75) is 32.2 Å². The highest BCUT2D eigenvalue weighted by Gasteiger charge is 2.39. The molecular weight excluding hydrogens is 239 g/mol. The molecule has 1 aromatic rings. The Bertz CT molecular complexity index is 460. The van der Waals surface area contributed by atoms with Gasteiger partial charge in [-0.1, -0.05) is 18.6 Å². The second-order valence-corrected chi connectivity index (χ2v) is 6.27. The van der Waals surface area contributed by atoms with E-state index < -0.39 is 0 Å². The van der Waals surface area contributed by atoms with Crippen molar-refractivity contribution in [3.63, 3.8) is 0 Å². The van der Waals surface area contributed by atoms with Crippen molar-refractivity contribution in [2.24, 2.45) is 23.5 Å². The number of halogens is 1. The van der Waals surface area contributed by atoms with Crippen LogP contribution in [0.25, 0.3) is 0 Å². The van der Waals surface area contributed by atoms with Crippen LogP contribution in [-0.4, -0.2) is 13.6 Å². The summed E-state index contributed by atoms with van der Waals surface area (Å²) in [6, 6.07) is 5.20. The Morgan fingerprint density at radius 3 is 2.79 bits per heavy atom. The van der Waals surface area contributed by atoms with Gasteiger partial charge in [-0.05, 0) is 48.6 Å². The molecule has 2 nitrogen and oxygen atoms in total. The maximum atomic E-state index is 14.1. The summed E-state index contributed by atoms with van der Waals surface area (Å²) in [6.45, 7) is 1.36. The SMILES string of the molecule is CN(CC1CC2CCC1C2)c1c(F)cccc1CN. The molecule has 0 spiro atoms. The van der Waals surface area contributed by atoms with Gasteiger partial charge >= 0.3 is 0 Å². The Balaban J connectivity index is 1.75. The van der Waals surface area contributed by atoms with Crippen molar-refractivity contribution < 1.29 is 4.39 Å². The van der Waals surface area contributed by atoms with Crippen LogP contribution in [0, 0.1) is 23.6 Å². The van der Waals surface area contributed by atoms with Crippen LogP contribution in [0.15, 0.2) is 18.2 Å². The first-order valence-electron chi connectivity index (χ1n) is 7.37. The van der Waals surface area contributed by atoms with Crippen LogP contribution in [-0.2, 0) is 6.54 Å². The largest absolute Gasteiger partial charge is 0.372 e. The van der Waals surface area contributed by atoms with Crippen LogP contribution in [0.4, 0.5) is 10.1 Å². The van der Waals surface area contributed by atoms with Gasteiger partial charge in [0.15, 0.2) is 0 Å². The van der Waals surface area contributed by atoms with E-state index in [4.69, 9.17) is 5.73 Å². The average Bonchev–Trinajstić information content (AvgIpc) is 3.00. The van der Waals surface area contributed by atoms with Gasteiger partial charge in [0.2, 0.25) is 0 Å². The summed E-state index contributed by atoms with van der Waals surface area (Å²) in [6.07, 6.45) is 5.53. The first-order chi connectivity index (χ1) is 9.19. The smallest absolute Gasteiger partial charge is 0.146 e. The monoisotopic (exact) mass is 262 g/mol. The van der Waals surface area contributed by atoms with Gasteiger partial charge in [0.1, 0.15) is 5.82 Å². The zero-order valence-corrected chi connectivity index (χ0v) is 11.6. The molecule has 104 valence electrons. The van der Waals surface area contributed by atoms with E-state index in [-0.39, 0.29) is 5.82 Å².